The first kappa shape index (κ1) is 17.8. The van der Waals surface area contributed by atoms with Crippen LogP contribution in [0.1, 0.15) is 25.0 Å². The van der Waals surface area contributed by atoms with Crippen molar-refractivity contribution in [1.82, 2.24) is 0 Å². The summed E-state index contributed by atoms with van der Waals surface area (Å²) in [5.41, 5.74) is -2.51. The van der Waals surface area contributed by atoms with Gasteiger partial charge in [0.25, 0.3) is 5.75 Å². The van der Waals surface area contributed by atoms with Crippen LogP contribution in [0.3, 0.4) is 0 Å². The van der Waals surface area contributed by atoms with E-state index >= 15 is 0 Å². The number of benzene rings is 2. The summed E-state index contributed by atoms with van der Waals surface area (Å²) in [6.45, 7) is 3.08. The fourth-order valence-electron chi connectivity index (χ4n) is 2.38. The third kappa shape index (κ3) is 2.96. The molecule has 25 heavy (non-hydrogen) atoms. The molecule has 0 aromatic heterocycles. The minimum absolute atomic E-state index is 0.0909. The van der Waals surface area contributed by atoms with Gasteiger partial charge in [0.05, 0.1) is 9.85 Å². The largest absolute Gasteiger partial charge is 0.504 e. The Hall–Kier alpha value is -3.56. The standard InChI is InChI=1S/C15H14N2O8/c1-15(2,8-5-11(18)14(21)12(19)6-8)7-3-9(16(22)23)13(20)10(4-7)17(24)25/h3-6,18-21H,1-2H3. The van der Waals surface area contributed by atoms with E-state index in [0.29, 0.717) is 0 Å². The molecule has 0 heterocycles. The average molecular weight is 350 g/mol. The van der Waals surface area contributed by atoms with Crippen LogP contribution in [0.25, 0.3) is 0 Å². The van der Waals surface area contributed by atoms with Crippen LogP contribution in [0.4, 0.5) is 11.4 Å². The minimum Gasteiger partial charge on any atom is -0.504 e. The molecule has 132 valence electrons. The van der Waals surface area contributed by atoms with E-state index in [1.54, 1.807) is 0 Å². The van der Waals surface area contributed by atoms with Gasteiger partial charge in [-0.1, -0.05) is 13.8 Å². The Kier molecular flexibility index (Phi) is 4.14. The molecule has 0 bridgehead atoms. The lowest BCUT2D eigenvalue weighted by Gasteiger charge is -2.26. The number of rotatable bonds is 4. The molecule has 10 heteroatoms. The fraction of sp³-hybridized carbons (Fsp3) is 0.200. The molecule has 0 aliphatic rings. The monoisotopic (exact) mass is 350 g/mol. The lowest BCUT2D eigenvalue weighted by atomic mass is 9.77. The van der Waals surface area contributed by atoms with Gasteiger partial charge in [-0.25, -0.2) is 0 Å². The van der Waals surface area contributed by atoms with Crippen molar-refractivity contribution in [2.75, 3.05) is 0 Å². The maximum atomic E-state index is 11.1. The molecule has 0 saturated heterocycles. The molecule has 2 aromatic rings. The maximum absolute atomic E-state index is 11.1. The molecule has 0 radical (unpaired) electrons. The van der Waals surface area contributed by atoms with Crippen molar-refractivity contribution in [1.29, 1.82) is 0 Å². The highest BCUT2D eigenvalue weighted by atomic mass is 16.6. The van der Waals surface area contributed by atoms with Gasteiger partial charge in [0.1, 0.15) is 0 Å². The molecule has 0 atom stereocenters. The molecule has 10 nitrogen and oxygen atoms in total. The summed E-state index contributed by atoms with van der Waals surface area (Å²) < 4.78 is 0. The zero-order valence-electron chi connectivity index (χ0n) is 13.1. The maximum Gasteiger partial charge on any atom is 0.318 e. The minimum atomic E-state index is -1.15. The highest BCUT2D eigenvalue weighted by Gasteiger charge is 2.33. The van der Waals surface area contributed by atoms with Gasteiger partial charge in [-0.3, -0.25) is 20.2 Å². The molecule has 0 fully saturated rings. The molecule has 0 amide bonds. The number of hydrogen-bond acceptors (Lipinski definition) is 8. The second kappa shape index (κ2) is 5.82. The van der Waals surface area contributed by atoms with Gasteiger partial charge in [-0.2, -0.15) is 0 Å². The number of hydrogen-bond donors (Lipinski definition) is 4. The number of nitro groups is 2. The summed E-state index contributed by atoms with van der Waals surface area (Å²) in [6, 6.07) is 4.20. The summed E-state index contributed by atoms with van der Waals surface area (Å²) in [5, 5.41) is 60.6. The molecule has 0 saturated carbocycles. The predicted octanol–water partition coefficient (Wildman–Crippen LogP) is 2.65. The van der Waals surface area contributed by atoms with E-state index in [2.05, 4.69) is 0 Å². The van der Waals surface area contributed by atoms with Crippen molar-refractivity contribution >= 4 is 11.4 Å². The van der Waals surface area contributed by atoms with E-state index in [1.165, 1.54) is 13.8 Å². The van der Waals surface area contributed by atoms with E-state index in [-0.39, 0.29) is 11.1 Å². The van der Waals surface area contributed by atoms with E-state index in [9.17, 15) is 40.7 Å². The molecule has 2 aromatic carbocycles. The van der Waals surface area contributed by atoms with E-state index in [0.717, 1.165) is 24.3 Å². The molecule has 0 aliphatic heterocycles. The van der Waals surface area contributed by atoms with Crippen LogP contribution in [0.2, 0.25) is 0 Å². The van der Waals surface area contributed by atoms with Gasteiger partial charge in [-0.15, -0.1) is 0 Å². The van der Waals surface area contributed by atoms with Gasteiger partial charge >= 0.3 is 11.4 Å². The average Bonchev–Trinajstić information content (AvgIpc) is 2.51. The Bertz CT molecular complexity index is 833. The number of nitro benzene ring substituents is 2. The van der Waals surface area contributed by atoms with Crippen molar-refractivity contribution in [3.8, 4) is 23.0 Å². The third-order valence-corrected chi connectivity index (χ3v) is 3.98. The fourth-order valence-corrected chi connectivity index (χ4v) is 2.38. The topological polar surface area (TPSA) is 167 Å². The second-order valence-corrected chi connectivity index (χ2v) is 5.87. The van der Waals surface area contributed by atoms with Crippen LogP contribution < -0.4 is 0 Å². The van der Waals surface area contributed by atoms with Crippen molar-refractivity contribution in [2.24, 2.45) is 0 Å². The third-order valence-electron chi connectivity index (χ3n) is 3.98. The highest BCUT2D eigenvalue weighted by Crippen LogP contribution is 2.45. The van der Waals surface area contributed by atoms with Crippen molar-refractivity contribution in [2.45, 2.75) is 19.3 Å². The van der Waals surface area contributed by atoms with Crippen LogP contribution in [-0.4, -0.2) is 30.3 Å². The number of nitrogens with zero attached hydrogens (tertiary/aromatic N) is 2. The molecular formula is C15H14N2O8. The lowest BCUT2D eigenvalue weighted by molar-refractivity contribution is -0.396. The van der Waals surface area contributed by atoms with Crippen molar-refractivity contribution in [3.05, 3.63) is 55.6 Å². The van der Waals surface area contributed by atoms with Gasteiger partial charge in [0, 0.05) is 17.5 Å². The van der Waals surface area contributed by atoms with E-state index in [1.807, 2.05) is 0 Å². The number of phenolic OH excluding ortho intramolecular Hbond substituents is 4. The second-order valence-electron chi connectivity index (χ2n) is 5.87. The summed E-state index contributed by atoms with van der Waals surface area (Å²) in [5.74, 6) is -3.04. The summed E-state index contributed by atoms with van der Waals surface area (Å²) in [4.78, 5) is 20.2. The van der Waals surface area contributed by atoms with Crippen LogP contribution in [0, 0.1) is 20.2 Å². The van der Waals surface area contributed by atoms with Crippen LogP contribution in [0.5, 0.6) is 23.0 Å². The molecule has 4 N–H and O–H groups in total. The molecule has 0 aliphatic carbocycles. The van der Waals surface area contributed by atoms with E-state index < -0.39 is 49.6 Å². The lowest BCUT2D eigenvalue weighted by Crippen LogP contribution is -2.19. The molecule has 0 spiro atoms. The van der Waals surface area contributed by atoms with Gasteiger partial charge < -0.3 is 20.4 Å². The molecule has 2 rings (SSSR count). The van der Waals surface area contributed by atoms with Crippen molar-refractivity contribution in [3.63, 3.8) is 0 Å². The first-order valence-electron chi connectivity index (χ1n) is 6.88. The van der Waals surface area contributed by atoms with Crippen molar-refractivity contribution < 1.29 is 30.3 Å². The summed E-state index contributed by atoms with van der Waals surface area (Å²) in [6.07, 6.45) is 0. The van der Waals surface area contributed by atoms with Gasteiger partial charge in [-0.05, 0) is 23.3 Å². The normalized spacial score (nSPS) is 11.3. The Labute approximate surface area is 140 Å². The zero-order chi connectivity index (χ0) is 19.1. The Morgan fingerprint density at radius 1 is 0.760 bits per heavy atom. The Morgan fingerprint density at radius 2 is 1.12 bits per heavy atom. The predicted molar refractivity (Wildman–Crippen MR) is 85.0 cm³/mol. The Balaban J connectivity index is 2.75. The number of aromatic hydroxyl groups is 4. The van der Waals surface area contributed by atoms with Gasteiger partial charge in [0.2, 0.25) is 0 Å². The smallest absolute Gasteiger partial charge is 0.318 e. The number of phenols is 4. The van der Waals surface area contributed by atoms with E-state index in [4.69, 9.17) is 0 Å². The summed E-state index contributed by atoms with van der Waals surface area (Å²) in [7, 11) is 0. The summed E-state index contributed by atoms with van der Waals surface area (Å²) >= 11 is 0. The van der Waals surface area contributed by atoms with Gasteiger partial charge in [0.15, 0.2) is 17.2 Å². The molecular weight excluding hydrogens is 336 g/mol. The first-order chi connectivity index (χ1) is 11.5. The van der Waals surface area contributed by atoms with Crippen LogP contribution in [-0.2, 0) is 5.41 Å². The quantitative estimate of drug-likeness (QED) is 0.371. The zero-order valence-corrected chi connectivity index (χ0v) is 13.1. The highest BCUT2D eigenvalue weighted by molar-refractivity contribution is 5.64. The molecule has 0 unspecified atom stereocenters. The van der Waals surface area contributed by atoms with Crippen LogP contribution in [0.15, 0.2) is 24.3 Å². The SMILES string of the molecule is CC(C)(c1cc(O)c(O)c(O)c1)c1cc([N+](=O)[O-])c(O)c([N+](=O)[O-])c1. The Morgan fingerprint density at radius 3 is 1.48 bits per heavy atom. The first-order valence-corrected chi connectivity index (χ1v) is 6.88. The van der Waals surface area contributed by atoms with Crippen LogP contribution >= 0.6 is 0 Å².